The second kappa shape index (κ2) is 9.05. The number of rotatable bonds is 8. The van der Waals surface area contributed by atoms with Gasteiger partial charge in [-0.1, -0.05) is 24.3 Å². The average molecular weight is 441 g/mol. The number of nitrogens with one attached hydrogen (secondary N) is 1. The van der Waals surface area contributed by atoms with Crippen LogP contribution in [0.4, 0.5) is 5.69 Å². The van der Waals surface area contributed by atoms with Gasteiger partial charge in [-0.25, -0.2) is 8.42 Å². The molecule has 0 aliphatic rings. The number of anilines is 1. The highest BCUT2D eigenvalue weighted by molar-refractivity contribution is 9.10. The number of hydrogen-bond donors (Lipinski definition) is 1. The van der Waals surface area contributed by atoms with E-state index < -0.39 is 10.0 Å². The van der Waals surface area contributed by atoms with Crippen LogP contribution < -0.4 is 14.4 Å². The molecule has 0 saturated carbocycles. The van der Waals surface area contributed by atoms with Crippen molar-refractivity contribution in [3.8, 4) is 5.75 Å². The molecule has 2 rings (SSSR count). The molecule has 2 aromatic rings. The van der Waals surface area contributed by atoms with Gasteiger partial charge in [-0.05, 0) is 52.7 Å². The molecule has 0 heterocycles. The van der Waals surface area contributed by atoms with E-state index in [0.29, 0.717) is 23.3 Å². The molecule has 0 saturated heterocycles. The second-order valence-electron chi connectivity index (χ2n) is 5.57. The zero-order valence-corrected chi connectivity index (χ0v) is 17.0. The van der Waals surface area contributed by atoms with Crippen LogP contribution in [0.25, 0.3) is 0 Å². The van der Waals surface area contributed by atoms with Gasteiger partial charge in [0.2, 0.25) is 15.9 Å². The molecule has 6 nitrogen and oxygen atoms in total. The zero-order chi connectivity index (χ0) is 19.2. The monoisotopic (exact) mass is 440 g/mol. The molecule has 0 unspecified atom stereocenters. The summed E-state index contributed by atoms with van der Waals surface area (Å²) < 4.78 is 31.3. The Hall–Kier alpha value is -2.06. The summed E-state index contributed by atoms with van der Waals surface area (Å²) >= 11 is 3.32. The van der Waals surface area contributed by atoms with Gasteiger partial charge in [-0.3, -0.25) is 9.10 Å². The van der Waals surface area contributed by atoms with Crippen LogP contribution in [0.2, 0.25) is 0 Å². The molecule has 1 N–H and O–H groups in total. The van der Waals surface area contributed by atoms with Gasteiger partial charge in [-0.15, -0.1) is 0 Å². The number of benzene rings is 2. The van der Waals surface area contributed by atoms with Gasteiger partial charge in [-0.2, -0.15) is 0 Å². The Bertz CT molecular complexity index is 854. The molecule has 0 radical (unpaired) electrons. The third-order valence-corrected chi connectivity index (χ3v) is 5.33. The minimum atomic E-state index is -3.60. The maximum absolute atomic E-state index is 12.3. The van der Waals surface area contributed by atoms with E-state index in [4.69, 9.17) is 4.74 Å². The standard InChI is InChI=1S/C18H21BrN2O4S/c1-3-25-15-10-8-14(9-11-15)12-20-18(22)13-21(26(2,23)24)17-7-5-4-6-16(17)19/h4-11H,3,12-13H2,1-2H3,(H,20,22). The van der Waals surface area contributed by atoms with Gasteiger partial charge in [0.1, 0.15) is 12.3 Å². The van der Waals surface area contributed by atoms with Crippen LogP contribution in [0, 0.1) is 0 Å². The van der Waals surface area contributed by atoms with Crippen LogP contribution in [0.3, 0.4) is 0 Å². The molecular weight excluding hydrogens is 420 g/mol. The van der Waals surface area contributed by atoms with Crippen molar-refractivity contribution in [2.24, 2.45) is 0 Å². The molecule has 8 heteroatoms. The Kier molecular flexibility index (Phi) is 7.05. The Morgan fingerprint density at radius 2 is 1.81 bits per heavy atom. The third-order valence-electron chi connectivity index (χ3n) is 3.53. The van der Waals surface area contributed by atoms with Crippen molar-refractivity contribution < 1.29 is 17.9 Å². The fraction of sp³-hybridized carbons (Fsp3) is 0.278. The van der Waals surface area contributed by atoms with Gasteiger partial charge in [0.25, 0.3) is 0 Å². The summed E-state index contributed by atoms with van der Waals surface area (Å²) in [5.41, 5.74) is 1.32. The smallest absolute Gasteiger partial charge is 0.241 e. The maximum Gasteiger partial charge on any atom is 0.241 e. The molecule has 0 aromatic heterocycles. The Morgan fingerprint density at radius 3 is 2.38 bits per heavy atom. The molecule has 26 heavy (non-hydrogen) atoms. The van der Waals surface area contributed by atoms with Gasteiger partial charge in [0.05, 0.1) is 18.6 Å². The highest BCUT2D eigenvalue weighted by Gasteiger charge is 2.22. The van der Waals surface area contributed by atoms with Crippen molar-refractivity contribution in [2.75, 3.05) is 23.7 Å². The summed E-state index contributed by atoms with van der Waals surface area (Å²) in [5.74, 6) is 0.375. The van der Waals surface area contributed by atoms with Gasteiger partial charge >= 0.3 is 0 Å². The lowest BCUT2D eigenvalue weighted by molar-refractivity contribution is -0.119. The molecule has 0 atom stereocenters. The molecule has 2 aromatic carbocycles. The predicted molar refractivity (Wildman–Crippen MR) is 106 cm³/mol. The van der Waals surface area contributed by atoms with Crippen LogP contribution in [0.5, 0.6) is 5.75 Å². The van der Waals surface area contributed by atoms with E-state index in [1.165, 1.54) is 0 Å². The van der Waals surface area contributed by atoms with Crippen molar-refractivity contribution in [1.82, 2.24) is 5.32 Å². The summed E-state index contributed by atoms with van der Waals surface area (Å²) in [5, 5.41) is 2.74. The Labute approximate surface area is 162 Å². The largest absolute Gasteiger partial charge is 0.494 e. The fourth-order valence-electron chi connectivity index (χ4n) is 2.29. The SMILES string of the molecule is CCOc1ccc(CNC(=O)CN(c2ccccc2Br)S(C)(=O)=O)cc1. The van der Waals surface area contributed by atoms with E-state index in [1.54, 1.807) is 24.3 Å². The van der Waals surface area contributed by atoms with E-state index in [0.717, 1.165) is 21.9 Å². The zero-order valence-electron chi connectivity index (χ0n) is 14.6. The molecule has 0 bridgehead atoms. The number of carbonyl (C=O) groups is 1. The van der Waals surface area contributed by atoms with Crippen molar-refractivity contribution in [3.05, 3.63) is 58.6 Å². The highest BCUT2D eigenvalue weighted by atomic mass is 79.9. The summed E-state index contributed by atoms with van der Waals surface area (Å²) in [6.45, 7) is 2.51. The van der Waals surface area contributed by atoms with Crippen molar-refractivity contribution >= 4 is 37.5 Å². The lowest BCUT2D eigenvalue weighted by atomic mass is 10.2. The second-order valence-corrected chi connectivity index (χ2v) is 8.34. The molecule has 1 amide bonds. The van der Waals surface area contributed by atoms with Gasteiger partial charge in [0.15, 0.2) is 0 Å². The van der Waals surface area contributed by atoms with Crippen LogP contribution in [-0.2, 0) is 21.4 Å². The van der Waals surface area contributed by atoms with Crippen molar-refractivity contribution in [2.45, 2.75) is 13.5 Å². The lowest BCUT2D eigenvalue weighted by Crippen LogP contribution is -2.40. The number of halogens is 1. The van der Waals surface area contributed by atoms with Crippen LogP contribution in [-0.4, -0.2) is 33.7 Å². The number of hydrogen-bond acceptors (Lipinski definition) is 4. The summed E-state index contributed by atoms with van der Waals surface area (Å²) in [7, 11) is -3.60. The minimum Gasteiger partial charge on any atom is -0.494 e. The summed E-state index contributed by atoms with van der Waals surface area (Å²) in [6, 6.07) is 14.2. The average Bonchev–Trinajstić information content (AvgIpc) is 2.59. The first-order valence-electron chi connectivity index (χ1n) is 8.02. The summed E-state index contributed by atoms with van der Waals surface area (Å²) in [4.78, 5) is 12.3. The van der Waals surface area contributed by atoms with Crippen molar-refractivity contribution in [3.63, 3.8) is 0 Å². The molecular formula is C18H21BrN2O4S. The first kappa shape index (κ1) is 20.3. The lowest BCUT2D eigenvalue weighted by Gasteiger charge is -2.23. The number of nitrogens with zero attached hydrogens (tertiary/aromatic N) is 1. The first-order valence-corrected chi connectivity index (χ1v) is 10.7. The normalized spacial score (nSPS) is 11.0. The number of amides is 1. The fourth-order valence-corrected chi connectivity index (χ4v) is 3.78. The van der Waals surface area contributed by atoms with E-state index in [-0.39, 0.29) is 12.5 Å². The van der Waals surface area contributed by atoms with Crippen LogP contribution >= 0.6 is 15.9 Å². The maximum atomic E-state index is 12.3. The van der Waals surface area contributed by atoms with E-state index in [9.17, 15) is 13.2 Å². The van der Waals surface area contributed by atoms with Gasteiger partial charge < -0.3 is 10.1 Å². The number of para-hydroxylation sites is 1. The van der Waals surface area contributed by atoms with Crippen LogP contribution in [0.1, 0.15) is 12.5 Å². The van der Waals surface area contributed by atoms with E-state index in [1.807, 2.05) is 31.2 Å². The Morgan fingerprint density at radius 1 is 1.15 bits per heavy atom. The van der Waals surface area contributed by atoms with Gasteiger partial charge in [0, 0.05) is 11.0 Å². The van der Waals surface area contributed by atoms with E-state index >= 15 is 0 Å². The Balaban J connectivity index is 2.03. The predicted octanol–water partition coefficient (Wildman–Crippen LogP) is 2.93. The number of carbonyl (C=O) groups excluding carboxylic acids is 1. The molecule has 0 aliphatic heterocycles. The molecule has 0 aliphatic carbocycles. The quantitative estimate of drug-likeness (QED) is 0.684. The van der Waals surface area contributed by atoms with E-state index in [2.05, 4.69) is 21.2 Å². The molecule has 0 fully saturated rings. The van der Waals surface area contributed by atoms with Crippen molar-refractivity contribution in [1.29, 1.82) is 0 Å². The third kappa shape index (κ3) is 5.74. The minimum absolute atomic E-state index is 0.293. The summed E-state index contributed by atoms with van der Waals surface area (Å²) in [6.07, 6.45) is 1.08. The number of sulfonamides is 1. The molecule has 140 valence electrons. The topological polar surface area (TPSA) is 75.7 Å². The van der Waals surface area contributed by atoms with Crippen LogP contribution in [0.15, 0.2) is 53.0 Å². The highest BCUT2D eigenvalue weighted by Crippen LogP contribution is 2.27. The number of ether oxygens (including phenoxy) is 1. The molecule has 0 spiro atoms. The first-order chi connectivity index (χ1) is 12.3.